The van der Waals surface area contributed by atoms with Gasteiger partial charge < -0.3 is 5.11 Å². The molecule has 3 fully saturated rings. The van der Waals surface area contributed by atoms with Crippen LogP contribution in [0.25, 0.3) is 0 Å². The molecule has 1 aromatic rings. The molecule has 3 unspecified atom stereocenters. The minimum Gasteiger partial charge on any atom is -0.391 e. The van der Waals surface area contributed by atoms with Crippen LogP contribution in [-0.2, 0) is 5.41 Å². The first kappa shape index (κ1) is 14.0. The number of aliphatic hydroxyl groups excluding tert-OH is 1. The molecule has 3 heteroatoms. The van der Waals surface area contributed by atoms with Crippen LogP contribution in [0.1, 0.15) is 44.1 Å². The molecule has 3 aliphatic rings. The Morgan fingerprint density at radius 2 is 2.19 bits per heavy atom. The van der Waals surface area contributed by atoms with Gasteiger partial charge in [0, 0.05) is 29.6 Å². The maximum Gasteiger partial charge on any atom is 0.0763 e. The van der Waals surface area contributed by atoms with Gasteiger partial charge in [0.05, 0.1) is 6.10 Å². The largest absolute Gasteiger partial charge is 0.391 e. The Bertz CT molecular complexity index is 528. The number of β-amino-alcohol motifs (C(OH)–C–C–N with tert-alkyl or cyclic N) is 1. The summed E-state index contributed by atoms with van der Waals surface area (Å²) in [5.41, 5.74) is 1.19. The lowest BCUT2D eigenvalue weighted by atomic mass is 9.61. The first-order valence-electron chi connectivity index (χ1n) is 8.35. The Balaban J connectivity index is 1.52. The van der Waals surface area contributed by atoms with Gasteiger partial charge >= 0.3 is 0 Å². The third-order valence-electron chi connectivity index (χ3n) is 6.21. The van der Waals surface area contributed by atoms with Crippen LogP contribution in [-0.4, -0.2) is 35.2 Å². The second kappa shape index (κ2) is 5.26. The summed E-state index contributed by atoms with van der Waals surface area (Å²) in [4.78, 5) is 2.55. The predicted octanol–water partition coefficient (Wildman–Crippen LogP) is 3.61. The number of halogens is 1. The maximum atomic E-state index is 11.0. The van der Waals surface area contributed by atoms with Gasteiger partial charge in [-0.05, 0) is 55.7 Å². The molecule has 0 amide bonds. The molecule has 3 atom stereocenters. The van der Waals surface area contributed by atoms with Crippen molar-refractivity contribution in [2.75, 3.05) is 13.1 Å². The first-order valence-corrected chi connectivity index (χ1v) is 8.73. The molecule has 2 nitrogen and oxygen atoms in total. The highest BCUT2D eigenvalue weighted by molar-refractivity contribution is 6.30. The molecule has 1 N–H and O–H groups in total. The van der Waals surface area contributed by atoms with Gasteiger partial charge in [-0.3, -0.25) is 4.90 Å². The van der Waals surface area contributed by atoms with Crippen molar-refractivity contribution >= 4 is 11.6 Å². The molecule has 2 aliphatic carbocycles. The van der Waals surface area contributed by atoms with E-state index in [9.17, 15) is 5.11 Å². The minimum absolute atomic E-state index is 0.0489. The summed E-state index contributed by atoms with van der Waals surface area (Å²) < 4.78 is 0. The number of nitrogens with zero attached hydrogens (tertiary/aromatic N) is 1. The van der Waals surface area contributed by atoms with Crippen molar-refractivity contribution in [3.05, 3.63) is 34.9 Å². The number of fused-ring (bicyclic) bond motifs is 2. The van der Waals surface area contributed by atoms with E-state index in [1.165, 1.54) is 37.8 Å². The second-order valence-corrected chi connectivity index (χ2v) is 7.76. The van der Waals surface area contributed by atoms with E-state index in [4.69, 9.17) is 11.6 Å². The topological polar surface area (TPSA) is 23.5 Å². The van der Waals surface area contributed by atoms with Crippen molar-refractivity contribution < 1.29 is 5.11 Å². The van der Waals surface area contributed by atoms with Crippen LogP contribution in [0.4, 0.5) is 0 Å². The zero-order valence-corrected chi connectivity index (χ0v) is 13.2. The third kappa shape index (κ3) is 2.32. The van der Waals surface area contributed by atoms with E-state index in [2.05, 4.69) is 17.0 Å². The smallest absolute Gasteiger partial charge is 0.0763 e. The molecule has 2 bridgehead atoms. The van der Waals surface area contributed by atoms with Crippen molar-refractivity contribution in [3.8, 4) is 0 Å². The molecular formula is C18H24ClNO. The third-order valence-corrected chi connectivity index (χ3v) is 6.45. The van der Waals surface area contributed by atoms with Crippen LogP contribution in [0.3, 0.4) is 0 Å². The first-order chi connectivity index (χ1) is 10.2. The van der Waals surface area contributed by atoms with Gasteiger partial charge in [0.15, 0.2) is 0 Å². The molecular weight excluding hydrogens is 282 g/mol. The highest BCUT2D eigenvalue weighted by atomic mass is 35.5. The van der Waals surface area contributed by atoms with Crippen molar-refractivity contribution in [3.63, 3.8) is 0 Å². The van der Waals surface area contributed by atoms with E-state index in [0.717, 1.165) is 36.4 Å². The summed E-state index contributed by atoms with van der Waals surface area (Å²) >= 11 is 6.17. The van der Waals surface area contributed by atoms with Crippen LogP contribution < -0.4 is 0 Å². The van der Waals surface area contributed by atoms with Gasteiger partial charge in [-0.15, -0.1) is 0 Å². The highest BCUT2D eigenvalue weighted by Crippen LogP contribution is 2.48. The predicted molar refractivity (Wildman–Crippen MR) is 85.7 cm³/mol. The Morgan fingerprint density at radius 3 is 2.76 bits per heavy atom. The average molecular weight is 306 g/mol. The molecule has 2 saturated carbocycles. The van der Waals surface area contributed by atoms with Crippen LogP contribution in [0.15, 0.2) is 24.3 Å². The van der Waals surface area contributed by atoms with Gasteiger partial charge in [-0.1, -0.05) is 30.2 Å². The number of benzene rings is 1. The normalized spacial score (nSPS) is 32.1. The Labute approximate surface area is 132 Å². The van der Waals surface area contributed by atoms with Gasteiger partial charge in [0.25, 0.3) is 0 Å². The fourth-order valence-electron chi connectivity index (χ4n) is 4.82. The lowest BCUT2D eigenvalue weighted by Gasteiger charge is -2.47. The zero-order valence-electron chi connectivity index (χ0n) is 12.5. The Hall–Kier alpha value is -0.570. The maximum absolute atomic E-state index is 11.0. The average Bonchev–Trinajstić information content (AvgIpc) is 2.99. The van der Waals surface area contributed by atoms with E-state index in [1.807, 2.05) is 12.1 Å². The minimum atomic E-state index is -0.260. The molecule has 4 rings (SSSR count). The van der Waals surface area contributed by atoms with Crippen molar-refractivity contribution in [1.29, 1.82) is 0 Å². The Morgan fingerprint density at radius 1 is 1.33 bits per heavy atom. The molecule has 1 saturated heterocycles. The van der Waals surface area contributed by atoms with E-state index in [0.29, 0.717) is 0 Å². The fourth-order valence-corrected chi connectivity index (χ4v) is 5.01. The standard InChI is InChI=1S/C18H24ClNO/c19-15-4-1-3-14(10-15)18(7-2-8-18)17(21)12-20-11-13-5-6-16(20)9-13/h1,3-4,10,13,16-17,21H,2,5-9,11-12H2. The molecule has 0 spiro atoms. The monoisotopic (exact) mass is 305 g/mol. The van der Waals surface area contributed by atoms with Gasteiger partial charge in [-0.25, -0.2) is 0 Å². The second-order valence-electron chi connectivity index (χ2n) is 7.32. The number of aliphatic hydroxyl groups is 1. The van der Waals surface area contributed by atoms with Crippen LogP contribution in [0.5, 0.6) is 0 Å². The number of piperidine rings is 1. The molecule has 21 heavy (non-hydrogen) atoms. The molecule has 114 valence electrons. The van der Waals surface area contributed by atoms with Crippen LogP contribution >= 0.6 is 11.6 Å². The van der Waals surface area contributed by atoms with E-state index in [1.54, 1.807) is 0 Å². The van der Waals surface area contributed by atoms with E-state index >= 15 is 0 Å². The van der Waals surface area contributed by atoms with Gasteiger partial charge in [0.2, 0.25) is 0 Å². The summed E-state index contributed by atoms with van der Waals surface area (Å²) in [5.74, 6) is 0.894. The van der Waals surface area contributed by atoms with Crippen LogP contribution in [0.2, 0.25) is 5.02 Å². The Kier molecular flexibility index (Phi) is 3.52. The number of hydrogen-bond acceptors (Lipinski definition) is 2. The van der Waals surface area contributed by atoms with Gasteiger partial charge in [-0.2, -0.15) is 0 Å². The SMILES string of the molecule is OC(CN1CC2CCC1C2)C1(c2cccc(Cl)c2)CCC1. The molecule has 0 aromatic heterocycles. The fraction of sp³-hybridized carbons (Fsp3) is 0.667. The van der Waals surface area contributed by atoms with E-state index in [-0.39, 0.29) is 11.5 Å². The van der Waals surface area contributed by atoms with Crippen molar-refractivity contribution in [2.45, 2.75) is 56.1 Å². The van der Waals surface area contributed by atoms with E-state index < -0.39 is 0 Å². The van der Waals surface area contributed by atoms with Crippen molar-refractivity contribution in [1.82, 2.24) is 4.90 Å². The lowest BCUT2D eigenvalue weighted by Crippen LogP contribution is -2.52. The summed E-state index contributed by atoms with van der Waals surface area (Å²) in [5, 5.41) is 11.8. The van der Waals surface area contributed by atoms with Crippen LogP contribution in [0, 0.1) is 5.92 Å². The number of rotatable bonds is 4. The molecule has 1 heterocycles. The zero-order chi connectivity index (χ0) is 14.4. The van der Waals surface area contributed by atoms with Crippen molar-refractivity contribution in [2.24, 2.45) is 5.92 Å². The number of likely N-dealkylation sites (tertiary alicyclic amines) is 1. The molecule has 1 aliphatic heterocycles. The summed E-state index contributed by atoms with van der Waals surface area (Å²) in [6.45, 7) is 2.04. The molecule has 0 radical (unpaired) electrons. The number of hydrogen-bond donors (Lipinski definition) is 1. The summed E-state index contributed by atoms with van der Waals surface area (Å²) in [6.07, 6.45) is 7.24. The van der Waals surface area contributed by atoms with Gasteiger partial charge in [0.1, 0.15) is 0 Å². The summed E-state index contributed by atoms with van der Waals surface area (Å²) in [6, 6.07) is 8.87. The molecule has 1 aromatic carbocycles. The lowest BCUT2D eigenvalue weighted by molar-refractivity contribution is -0.00398. The quantitative estimate of drug-likeness (QED) is 0.918. The summed E-state index contributed by atoms with van der Waals surface area (Å²) in [7, 11) is 0. The highest BCUT2D eigenvalue weighted by Gasteiger charge is 2.47.